The fourth-order valence-electron chi connectivity index (χ4n) is 2.50. The van der Waals surface area contributed by atoms with Gasteiger partial charge in [0.15, 0.2) is 5.58 Å². The van der Waals surface area contributed by atoms with Crippen molar-refractivity contribution < 1.29 is 9.21 Å². The van der Waals surface area contributed by atoms with Gasteiger partial charge in [-0.3, -0.25) is 9.78 Å². The molecule has 0 aliphatic heterocycles. The number of carbonyl (C=O) groups excluding carboxylic acids is 1. The number of oxazole rings is 1. The van der Waals surface area contributed by atoms with Crippen molar-refractivity contribution in [2.75, 3.05) is 25.5 Å². The normalized spacial score (nSPS) is 10.8. The molecule has 0 radical (unpaired) electrons. The Balaban J connectivity index is 1.61. The van der Waals surface area contributed by atoms with Gasteiger partial charge in [0.1, 0.15) is 0 Å². The van der Waals surface area contributed by atoms with Crippen molar-refractivity contribution in [3.63, 3.8) is 0 Å². The number of hydrogen-bond acceptors (Lipinski definition) is 4. The van der Waals surface area contributed by atoms with Gasteiger partial charge in [0.2, 0.25) is 0 Å². The smallest absolute Gasteiger partial charge is 0.408 e. The van der Waals surface area contributed by atoms with E-state index in [0.717, 1.165) is 11.3 Å². The summed E-state index contributed by atoms with van der Waals surface area (Å²) in [5, 5.41) is 2.91. The first kappa shape index (κ1) is 15.9. The number of amides is 1. The first-order valence-electron chi connectivity index (χ1n) is 7.70. The Morgan fingerprint density at radius 2 is 2.04 bits per heavy atom. The van der Waals surface area contributed by atoms with Crippen LogP contribution < -0.4 is 16.0 Å². The van der Waals surface area contributed by atoms with Gasteiger partial charge in [-0.1, -0.05) is 12.1 Å². The summed E-state index contributed by atoms with van der Waals surface area (Å²) < 4.78 is 4.97. The predicted molar refractivity (Wildman–Crippen MR) is 93.6 cm³/mol. The maximum atomic E-state index is 12.2. The molecule has 1 aromatic heterocycles. The van der Waals surface area contributed by atoms with Gasteiger partial charge in [-0.2, -0.15) is 0 Å². The summed E-state index contributed by atoms with van der Waals surface area (Å²) in [5.41, 5.74) is 3.84. The lowest BCUT2D eigenvalue weighted by Crippen LogP contribution is -2.25. The molecule has 6 nitrogen and oxygen atoms in total. The molecule has 0 spiro atoms. The van der Waals surface area contributed by atoms with E-state index in [1.807, 2.05) is 49.3 Å². The number of benzene rings is 2. The Morgan fingerprint density at radius 3 is 2.83 bits per heavy atom. The molecule has 1 heterocycles. The van der Waals surface area contributed by atoms with Crippen LogP contribution in [0, 0.1) is 0 Å². The first-order valence-corrected chi connectivity index (χ1v) is 7.70. The number of nitrogens with zero attached hydrogens (tertiary/aromatic N) is 1. The quantitative estimate of drug-likeness (QED) is 0.753. The molecule has 124 valence electrons. The van der Waals surface area contributed by atoms with E-state index in [1.165, 1.54) is 0 Å². The number of aromatic nitrogens is 1. The minimum absolute atomic E-state index is 0.100. The van der Waals surface area contributed by atoms with Gasteiger partial charge in [-0.15, -0.1) is 0 Å². The maximum absolute atomic E-state index is 12.2. The molecule has 2 N–H and O–H groups in total. The molecule has 2 aromatic carbocycles. The van der Waals surface area contributed by atoms with Crippen LogP contribution in [-0.2, 0) is 6.42 Å². The average molecular weight is 325 g/mol. The van der Waals surface area contributed by atoms with Crippen LogP contribution in [0.15, 0.2) is 51.7 Å². The summed E-state index contributed by atoms with van der Waals surface area (Å²) in [4.78, 5) is 28.0. The number of anilines is 1. The van der Waals surface area contributed by atoms with E-state index >= 15 is 0 Å². The predicted octanol–water partition coefficient (Wildman–Crippen LogP) is 2.16. The van der Waals surface area contributed by atoms with Gasteiger partial charge >= 0.3 is 5.76 Å². The van der Waals surface area contributed by atoms with E-state index in [4.69, 9.17) is 4.42 Å². The maximum Gasteiger partial charge on any atom is 0.417 e. The molecule has 3 aromatic rings. The molecular formula is C18H19N3O3. The molecule has 6 heteroatoms. The van der Waals surface area contributed by atoms with Crippen molar-refractivity contribution in [1.82, 2.24) is 10.3 Å². The van der Waals surface area contributed by atoms with E-state index in [1.54, 1.807) is 12.1 Å². The van der Waals surface area contributed by atoms with Gasteiger partial charge in [0.05, 0.1) is 5.52 Å². The van der Waals surface area contributed by atoms with Crippen LogP contribution in [0.4, 0.5) is 5.69 Å². The molecule has 0 aliphatic carbocycles. The third-order valence-electron chi connectivity index (χ3n) is 3.81. The molecular weight excluding hydrogens is 306 g/mol. The Morgan fingerprint density at radius 1 is 1.21 bits per heavy atom. The Hall–Kier alpha value is -3.02. The highest BCUT2D eigenvalue weighted by Crippen LogP contribution is 2.14. The Bertz CT molecular complexity index is 924. The van der Waals surface area contributed by atoms with Crippen molar-refractivity contribution in [2.45, 2.75) is 6.42 Å². The molecule has 0 fully saturated rings. The summed E-state index contributed by atoms with van der Waals surface area (Å²) in [7, 11) is 3.88. The highest BCUT2D eigenvalue weighted by Gasteiger charge is 2.07. The number of fused-ring (bicyclic) bond motifs is 1. The molecule has 24 heavy (non-hydrogen) atoms. The van der Waals surface area contributed by atoms with Crippen LogP contribution in [0.25, 0.3) is 11.1 Å². The molecule has 0 saturated heterocycles. The van der Waals surface area contributed by atoms with Crippen LogP contribution in [0.5, 0.6) is 0 Å². The number of nitrogens with one attached hydrogen (secondary N) is 2. The molecule has 0 saturated carbocycles. The van der Waals surface area contributed by atoms with Gasteiger partial charge in [0, 0.05) is 31.9 Å². The van der Waals surface area contributed by atoms with E-state index in [0.29, 0.717) is 29.6 Å². The van der Waals surface area contributed by atoms with Gasteiger partial charge in [-0.05, 0) is 42.3 Å². The van der Waals surface area contributed by atoms with Crippen LogP contribution in [0.2, 0.25) is 0 Å². The number of rotatable bonds is 5. The molecule has 1 amide bonds. The van der Waals surface area contributed by atoms with Crippen molar-refractivity contribution in [2.24, 2.45) is 0 Å². The molecule has 3 rings (SSSR count). The monoisotopic (exact) mass is 325 g/mol. The first-order chi connectivity index (χ1) is 11.5. The zero-order valence-corrected chi connectivity index (χ0v) is 13.6. The number of H-pyrrole nitrogens is 1. The van der Waals surface area contributed by atoms with Crippen LogP contribution in [-0.4, -0.2) is 31.5 Å². The lowest BCUT2D eigenvalue weighted by atomic mass is 10.1. The summed E-state index contributed by atoms with van der Waals surface area (Å²) >= 11 is 0. The van der Waals surface area contributed by atoms with Crippen LogP contribution in [0.3, 0.4) is 0 Å². The molecule has 0 atom stereocenters. The second kappa shape index (κ2) is 6.62. The van der Waals surface area contributed by atoms with Crippen molar-refractivity contribution in [1.29, 1.82) is 0 Å². The van der Waals surface area contributed by atoms with Crippen LogP contribution >= 0.6 is 0 Å². The van der Waals surface area contributed by atoms with Crippen LogP contribution in [0.1, 0.15) is 15.9 Å². The minimum Gasteiger partial charge on any atom is -0.408 e. The Kier molecular flexibility index (Phi) is 4.37. The second-order valence-electron chi connectivity index (χ2n) is 5.80. The van der Waals surface area contributed by atoms with Gasteiger partial charge < -0.3 is 14.6 Å². The van der Waals surface area contributed by atoms with E-state index in [2.05, 4.69) is 10.3 Å². The zero-order chi connectivity index (χ0) is 17.1. The number of hydrogen-bond donors (Lipinski definition) is 2. The third-order valence-corrected chi connectivity index (χ3v) is 3.81. The lowest BCUT2D eigenvalue weighted by Gasteiger charge is -2.13. The van der Waals surface area contributed by atoms with Crippen molar-refractivity contribution in [3.8, 4) is 0 Å². The van der Waals surface area contributed by atoms with E-state index in [-0.39, 0.29) is 5.91 Å². The standard InChI is InChI=1S/C18H19N3O3/c1-21(2)14-5-3-4-13(11-14)17(22)19-9-8-12-6-7-16-15(10-12)20-18(23)24-16/h3-7,10-11H,8-9H2,1-2H3,(H,19,22)(H,20,23). The summed E-state index contributed by atoms with van der Waals surface area (Å²) in [6, 6.07) is 13.0. The SMILES string of the molecule is CN(C)c1cccc(C(=O)NCCc2ccc3oc(=O)[nH]c3c2)c1. The highest BCUT2D eigenvalue weighted by atomic mass is 16.4. The molecule has 0 aliphatic rings. The molecule has 0 unspecified atom stereocenters. The minimum atomic E-state index is -0.462. The topological polar surface area (TPSA) is 78.3 Å². The number of carbonyl (C=O) groups is 1. The zero-order valence-electron chi connectivity index (χ0n) is 13.6. The summed E-state index contributed by atoms with van der Waals surface area (Å²) in [5.74, 6) is -0.562. The van der Waals surface area contributed by atoms with E-state index in [9.17, 15) is 9.59 Å². The van der Waals surface area contributed by atoms with E-state index < -0.39 is 5.76 Å². The second-order valence-corrected chi connectivity index (χ2v) is 5.80. The number of aromatic amines is 1. The van der Waals surface area contributed by atoms with Gasteiger partial charge in [-0.25, -0.2) is 4.79 Å². The third kappa shape index (κ3) is 3.48. The van der Waals surface area contributed by atoms with Crippen molar-refractivity contribution in [3.05, 3.63) is 64.1 Å². The highest BCUT2D eigenvalue weighted by molar-refractivity contribution is 5.95. The fourth-order valence-corrected chi connectivity index (χ4v) is 2.50. The average Bonchev–Trinajstić information content (AvgIpc) is 2.94. The summed E-state index contributed by atoms with van der Waals surface area (Å²) in [6.07, 6.45) is 0.669. The van der Waals surface area contributed by atoms with Gasteiger partial charge in [0.25, 0.3) is 5.91 Å². The largest absolute Gasteiger partial charge is 0.417 e. The fraction of sp³-hybridized carbons (Fsp3) is 0.222. The molecule has 0 bridgehead atoms. The lowest BCUT2D eigenvalue weighted by molar-refractivity contribution is 0.0954. The Labute approximate surface area is 139 Å². The summed E-state index contributed by atoms with van der Waals surface area (Å²) in [6.45, 7) is 0.513. The van der Waals surface area contributed by atoms with Crippen molar-refractivity contribution >= 4 is 22.7 Å².